The van der Waals surface area contributed by atoms with Crippen molar-refractivity contribution in [3.63, 3.8) is 0 Å². The van der Waals surface area contributed by atoms with Crippen LogP contribution >= 0.6 is 35.3 Å². The standard InChI is InChI=1S/C14H23N3O2S2.HI/c1-3-15-14(17(2)10-13-5-4-7-20-13)16-9-12-6-8-21(18,19)11-12;/h4-5,7,12H,3,6,8-11H2,1-2H3,(H,15,16);1H. The van der Waals surface area contributed by atoms with Crippen LogP contribution in [-0.2, 0) is 16.4 Å². The molecule has 8 heteroatoms. The molecule has 1 aromatic heterocycles. The predicted octanol–water partition coefficient (Wildman–Crippen LogP) is 2.20. The summed E-state index contributed by atoms with van der Waals surface area (Å²) in [4.78, 5) is 7.98. The van der Waals surface area contributed by atoms with Gasteiger partial charge in [0, 0.05) is 25.0 Å². The highest BCUT2D eigenvalue weighted by molar-refractivity contribution is 14.0. The fourth-order valence-electron chi connectivity index (χ4n) is 2.41. The summed E-state index contributed by atoms with van der Waals surface area (Å²) in [7, 11) is -0.812. The molecule has 2 heterocycles. The Labute approximate surface area is 154 Å². The largest absolute Gasteiger partial charge is 0.357 e. The molecule has 1 fully saturated rings. The third-order valence-corrected chi connectivity index (χ3v) is 6.19. The zero-order valence-electron chi connectivity index (χ0n) is 13.0. The van der Waals surface area contributed by atoms with Gasteiger partial charge in [-0.05, 0) is 30.7 Å². The number of nitrogens with zero attached hydrogens (tertiary/aromatic N) is 2. The molecule has 22 heavy (non-hydrogen) atoms. The van der Waals surface area contributed by atoms with E-state index in [0.717, 1.165) is 25.5 Å². The third kappa shape index (κ3) is 6.04. The molecule has 5 nitrogen and oxygen atoms in total. The first-order valence-electron chi connectivity index (χ1n) is 7.22. The zero-order chi connectivity index (χ0) is 15.3. The Morgan fingerprint density at radius 2 is 2.32 bits per heavy atom. The highest BCUT2D eigenvalue weighted by Crippen LogP contribution is 2.18. The highest BCUT2D eigenvalue weighted by Gasteiger charge is 2.27. The maximum absolute atomic E-state index is 11.5. The minimum atomic E-state index is -2.82. The van der Waals surface area contributed by atoms with Gasteiger partial charge in [0.25, 0.3) is 0 Å². The van der Waals surface area contributed by atoms with Crippen molar-refractivity contribution < 1.29 is 8.42 Å². The Bertz CT molecular complexity index is 573. The second kappa shape index (κ2) is 9.07. The van der Waals surface area contributed by atoms with E-state index in [1.54, 1.807) is 11.3 Å². The van der Waals surface area contributed by atoms with E-state index in [9.17, 15) is 8.42 Å². The first-order chi connectivity index (χ1) is 10.00. The van der Waals surface area contributed by atoms with Gasteiger partial charge in [0.1, 0.15) is 0 Å². The number of aliphatic imine (C=N–C) groups is 1. The molecule has 1 N–H and O–H groups in total. The maximum atomic E-state index is 11.5. The highest BCUT2D eigenvalue weighted by atomic mass is 127. The summed E-state index contributed by atoms with van der Waals surface area (Å²) in [6.07, 6.45) is 0.736. The van der Waals surface area contributed by atoms with E-state index in [4.69, 9.17) is 0 Å². The second-order valence-electron chi connectivity index (χ2n) is 5.40. The van der Waals surface area contributed by atoms with Gasteiger partial charge in [-0.15, -0.1) is 35.3 Å². The topological polar surface area (TPSA) is 61.8 Å². The number of hydrogen-bond acceptors (Lipinski definition) is 4. The Morgan fingerprint density at radius 1 is 1.55 bits per heavy atom. The lowest BCUT2D eigenvalue weighted by molar-refractivity contribution is 0.477. The minimum absolute atomic E-state index is 0. The van der Waals surface area contributed by atoms with E-state index in [1.807, 2.05) is 20.0 Å². The van der Waals surface area contributed by atoms with Crippen molar-refractivity contribution in [3.05, 3.63) is 22.4 Å². The van der Waals surface area contributed by atoms with Crippen LogP contribution in [0.25, 0.3) is 0 Å². The van der Waals surface area contributed by atoms with E-state index in [1.165, 1.54) is 4.88 Å². The molecule has 0 aromatic carbocycles. The quantitative estimate of drug-likeness (QED) is 0.419. The van der Waals surface area contributed by atoms with Gasteiger partial charge < -0.3 is 10.2 Å². The molecule has 1 saturated heterocycles. The van der Waals surface area contributed by atoms with E-state index in [-0.39, 0.29) is 35.6 Å². The molecule has 0 amide bonds. The number of halogens is 1. The Balaban J connectivity index is 0.00000242. The van der Waals surface area contributed by atoms with E-state index < -0.39 is 9.84 Å². The summed E-state index contributed by atoms with van der Waals surface area (Å²) in [6.45, 7) is 4.23. The molecule has 1 unspecified atom stereocenters. The predicted molar refractivity (Wildman–Crippen MR) is 104 cm³/mol. The van der Waals surface area contributed by atoms with Gasteiger partial charge in [-0.3, -0.25) is 4.99 Å². The number of thiophene rings is 1. The fourth-order valence-corrected chi connectivity index (χ4v) is 5.02. The van der Waals surface area contributed by atoms with Crippen molar-refractivity contribution in [1.82, 2.24) is 10.2 Å². The van der Waals surface area contributed by atoms with Gasteiger partial charge in [-0.1, -0.05) is 6.07 Å². The van der Waals surface area contributed by atoms with Crippen molar-refractivity contribution in [2.75, 3.05) is 31.6 Å². The van der Waals surface area contributed by atoms with Crippen LogP contribution in [-0.4, -0.2) is 50.9 Å². The van der Waals surface area contributed by atoms with Crippen molar-refractivity contribution in [3.8, 4) is 0 Å². The van der Waals surface area contributed by atoms with Crippen LogP contribution in [0, 0.1) is 5.92 Å². The van der Waals surface area contributed by atoms with Crippen molar-refractivity contribution in [2.45, 2.75) is 19.9 Å². The zero-order valence-corrected chi connectivity index (χ0v) is 17.0. The Morgan fingerprint density at radius 3 is 2.86 bits per heavy atom. The van der Waals surface area contributed by atoms with E-state index >= 15 is 0 Å². The van der Waals surface area contributed by atoms with E-state index in [0.29, 0.717) is 12.3 Å². The number of nitrogens with one attached hydrogen (secondary N) is 1. The van der Waals surface area contributed by atoms with Crippen molar-refractivity contribution in [1.29, 1.82) is 0 Å². The van der Waals surface area contributed by atoms with Gasteiger partial charge in [-0.2, -0.15) is 0 Å². The molecule has 0 spiro atoms. The average molecular weight is 457 g/mol. The minimum Gasteiger partial charge on any atom is -0.357 e. The van der Waals surface area contributed by atoms with Gasteiger partial charge in [0.15, 0.2) is 15.8 Å². The number of sulfone groups is 1. The summed E-state index contributed by atoms with van der Waals surface area (Å²) in [5, 5.41) is 5.34. The van der Waals surface area contributed by atoms with Crippen molar-refractivity contribution in [2.24, 2.45) is 10.9 Å². The molecule has 1 atom stereocenters. The first kappa shape index (κ1) is 19.7. The number of hydrogen-bond donors (Lipinski definition) is 1. The molecule has 126 valence electrons. The molecule has 0 bridgehead atoms. The second-order valence-corrected chi connectivity index (χ2v) is 8.66. The van der Waals surface area contributed by atoms with Crippen molar-refractivity contribution >= 4 is 51.1 Å². The molecular formula is C14H24IN3O2S2. The lowest BCUT2D eigenvalue weighted by atomic mass is 10.1. The van der Waals surface area contributed by atoms with E-state index in [2.05, 4.69) is 26.7 Å². The van der Waals surface area contributed by atoms with Crippen LogP contribution in [0.4, 0.5) is 0 Å². The summed E-state index contributed by atoms with van der Waals surface area (Å²) in [5.41, 5.74) is 0. The molecule has 0 aliphatic carbocycles. The van der Waals surface area contributed by atoms with Gasteiger partial charge in [0.05, 0.1) is 18.1 Å². The molecule has 0 saturated carbocycles. The Hall–Kier alpha value is -0.350. The average Bonchev–Trinajstić information content (AvgIpc) is 3.04. The van der Waals surface area contributed by atoms with Crippen LogP contribution in [0.15, 0.2) is 22.5 Å². The third-order valence-electron chi connectivity index (χ3n) is 3.50. The Kier molecular flexibility index (Phi) is 8.12. The molecule has 1 aliphatic rings. The summed E-state index contributed by atoms with van der Waals surface area (Å²) < 4.78 is 23.0. The lowest BCUT2D eigenvalue weighted by Crippen LogP contribution is -2.38. The first-order valence-corrected chi connectivity index (χ1v) is 9.92. The van der Waals surface area contributed by atoms with Crippen LogP contribution in [0.2, 0.25) is 0 Å². The SMILES string of the molecule is CCNC(=NCC1CCS(=O)(=O)C1)N(C)Cc1cccs1.I. The molecular weight excluding hydrogens is 433 g/mol. The normalized spacial score (nSPS) is 20.5. The number of rotatable bonds is 5. The summed E-state index contributed by atoms with van der Waals surface area (Å²) in [6, 6.07) is 4.15. The van der Waals surface area contributed by atoms with Crippen LogP contribution in [0.1, 0.15) is 18.2 Å². The molecule has 2 rings (SSSR count). The molecule has 0 radical (unpaired) electrons. The summed E-state index contributed by atoms with van der Waals surface area (Å²) >= 11 is 1.73. The fraction of sp³-hybridized carbons (Fsp3) is 0.643. The lowest BCUT2D eigenvalue weighted by Gasteiger charge is -2.21. The van der Waals surface area contributed by atoms with Gasteiger partial charge >= 0.3 is 0 Å². The molecule has 1 aliphatic heterocycles. The van der Waals surface area contributed by atoms with Gasteiger partial charge in [-0.25, -0.2) is 8.42 Å². The van der Waals surface area contributed by atoms with Crippen LogP contribution in [0.5, 0.6) is 0 Å². The smallest absolute Gasteiger partial charge is 0.193 e. The van der Waals surface area contributed by atoms with Crippen LogP contribution in [0.3, 0.4) is 0 Å². The maximum Gasteiger partial charge on any atom is 0.193 e. The number of guanidine groups is 1. The monoisotopic (exact) mass is 457 g/mol. The molecule has 1 aromatic rings. The van der Waals surface area contributed by atoms with Gasteiger partial charge in [0.2, 0.25) is 0 Å². The summed E-state index contributed by atoms with van der Waals surface area (Å²) in [5.74, 6) is 1.60. The van der Waals surface area contributed by atoms with Crippen LogP contribution < -0.4 is 5.32 Å².